The first-order valence-electron chi connectivity index (χ1n) is 6.18. The zero-order valence-corrected chi connectivity index (χ0v) is 11.0. The molecule has 1 aliphatic rings. The second-order valence-corrected chi connectivity index (χ2v) is 4.37. The average molecular weight is 293 g/mol. The Morgan fingerprint density at radius 2 is 1.77 bits per heavy atom. The molecule has 2 aromatic rings. The van der Waals surface area contributed by atoms with E-state index in [0.717, 1.165) is 0 Å². The third kappa shape index (κ3) is 2.09. The van der Waals surface area contributed by atoms with Gasteiger partial charge in [-0.1, -0.05) is 17.2 Å². The van der Waals surface area contributed by atoms with Crippen molar-refractivity contribution in [3.05, 3.63) is 65.0 Å². The Labute approximate surface area is 124 Å². The summed E-state index contributed by atoms with van der Waals surface area (Å²) >= 11 is 0. The van der Waals surface area contributed by atoms with Crippen molar-refractivity contribution < 1.29 is 19.2 Å². The van der Waals surface area contributed by atoms with E-state index in [1.54, 1.807) is 18.2 Å². The first kappa shape index (κ1) is 13.5. The van der Waals surface area contributed by atoms with Gasteiger partial charge in [-0.15, -0.1) is 0 Å². The summed E-state index contributed by atoms with van der Waals surface area (Å²) in [6.45, 7) is 0. The third-order valence-electron chi connectivity index (χ3n) is 3.04. The summed E-state index contributed by atoms with van der Waals surface area (Å²) in [4.78, 5) is 44.7. The van der Waals surface area contributed by atoms with Crippen LogP contribution in [0.5, 0.6) is 0 Å². The van der Waals surface area contributed by atoms with Crippen molar-refractivity contribution in [2.24, 2.45) is 0 Å². The second-order valence-electron chi connectivity index (χ2n) is 4.37. The highest BCUT2D eigenvalue weighted by atomic mass is 16.7. The van der Waals surface area contributed by atoms with Crippen LogP contribution in [0, 0.1) is 11.3 Å². The van der Waals surface area contributed by atoms with Gasteiger partial charge in [-0.2, -0.15) is 5.26 Å². The van der Waals surface area contributed by atoms with Crippen molar-refractivity contribution in [1.82, 2.24) is 10.0 Å². The normalized spacial score (nSPS) is 12.8. The molecular weight excluding hydrogens is 286 g/mol. The van der Waals surface area contributed by atoms with E-state index >= 15 is 0 Å². The Morgan fingerprint density at radius 1 is 1.14 bits per heavy atom. The molecule has 3 rings (SSSR count). The molecule has 1 aliphatic heterocycles. The van der Waals surface area contributed by atoms with Crippen molar-refractivity contribution in [3.8, 4) is 6.07 Å². The molecule has 0 unspecified atom stereocenters. The molecule has 1 aromatic heterocycles. The SMILES string of the molecule is N#Cc1cc(C(=O)ON2C(=O)c3ccccc3C2=O)ccn1. The van der Waals surface area contributed by atoms with Crippen molar-refractivity contribution in [2.45, 2.75) is 0 Å². The van der Waals surface area contributed by atoms with Crippen LogP contribution >= 0.6 is 0 Å². The molecule has 0 radical (unpaired) electrons. The number of benzene rings is 1. The lowest BCUT2D eigenvalue weighted by Gasteiger charge is -2.12. The largest absolute Gasteiger partial charge is 0.364 e. The van der Waals surface area contributed by atoms with Crippen LogP contribution in [0.1, 0.15) is 36.8 Å². The van der Waals surface area contributed by atoms with E-state index < -0.39 is 17.8 Å². The number of nitriles is 1. The number of carbonyl (C=O) groups is 3. The van der Waals surface area contributed by atoms with Crippen LogP contribution in [-0.2, 0) is 4.84 Å². The Balaban J connectivity index is 1.85. The van der Waals surface area contributed by atoms with Crippen molar-refractivity contribution in [3.63, 3.8) is 0 Å². The van der Waals surface area contributed by atoms with E-state index in [2.05, 4.69) is 4.98 Å². The predicted octanol–water partition coefficient (Wildman–Crippen LogP) is 1.32. The highest BCUT2D eigenvalue weighted by Gasteiger charge is 2.38. The maximum absolute atomic E-state index is 12.1. The molecule has 2 heterocycles. The maximum atomic E-state index is 12.1. The van der Waals surface area contributed by atoms with Gasteiger partial charge in [-0.05, 0) is 24.3 Å². The summed E-state index contributed by atoms with van der Waals surface area (Å²) in [6, 6.07) is 10.5. The van der Waals surface area contributed by atoms with Gasteiger partial charge in [0.2, 0.25) is 0 Å². The molecule has 0 fully saturated rings. The summed E-state index contributed by atoms with van der Waals surface area (Å²) in [6.07, 6.45) is 1.26. The molecule has 7 nitrogen and oxygen atoms in total. The van der Waals surface area contributed by atoms with Crippen LogP contribution in [0.25, 0.3) is 0 Å². The number of imide groups is 1. The number of fused-ring (bicyclic) bond motifs is 1. The Kier molecular flexibility index (Phi) is 3.12. The average Bonchev–Trinajstić information content (AvgIpc) is 2.80. The Hall–Kier alpha value is -3.53. The lowest BCUT2D eigenvalue weighted by molar-refractivity contribution is -0.0584. The molecule has 0 atom stereocenters. The van der Waals surface area contributed by atoms with E-state index in [-0.39, 0.29) is 22.4 Å². The van der Waals surface area contributed by atoms with Gasteiger partial charge in [0.05, 0.1) is 16.7 Å². The number of nitrogens with zero attached hydrogens (tertiary/aromatic N) is 3. The van der Waals surface area contributed by atoms with Gasteiger partial charge in [0.1, 0.15) is 11.8 Å². The Bertz CT molecular complexity index is 819. The molecule has 2 amide bonds. The predicted molar refractivity (Wildman–Crippen MR) is 71.3 cm³/mol. The van der Waals surface area contributed by atoms with Crippen LogP contribution < -0.4 is 0 Å². The van der Waals surface area contributed by atoms with Gasteiger partial charge >= 0.3 is 5.97 Å². The van der Waals surface area contributed by atoms with Gasteiger partial charge in [-0.3, -0.25) is 9.59 Å². The van der Waals surface area contributed by atoms with E-state index in [1.807, 2.05) is 0 Å². The summed E-state index contributed by atoms with van der Waals surface area (Å²) in [5.41, 5.74) is 0.389. The van der Waals surface area contributed by atoms with Gasteiger partial charge in [0, 0.05) is 6.20 Å². The van der Waals surface area contributed by atoms with E-state index in [4.69, 9.17) is 10.1 Å². The molecule has 7 heteroatoms. The molecule has 0 N–H and O–H groups in total. The van der Waals surface area contributed by atoms with Crippen molar-refractivity contribution in [1.29, 1.82) is 5.26 Å². The molecule has 0 spiro atoms. The number of pyridine rings is 1. The maximum Gasteiger partial charge on any atom is 0.364 e. The molecule has 0 bridgehead atoms. The molecule has 0 aliphatic carbocycles. The first-order valence-corrected chi connectivity index (χ1v) is 6.18. The van der Waals surface area contributed by atoms with Gasteiger partial charge in [-0.25, -0.2) is 9.78 Å². The highest BCUT2D eigenvalue weighted by Crippen LogP contribution is 2.23. The van der Waals surface area contributed by atoms with Gasteiger partial charge in [0.15, 0.2) is 0 Å². The van der Waals surface area contributed by atoms with E-state index in [1.165, 1.54) is 30.5 Å². The summed E-state index contributed by atoms with van der Waals surface area (Å²) < 4.78 is 0. The monoisotopic (exact) mass is 293 g/mol. The molecule has 0 saturated heterocycles. The van der Waals surface area contributed by atoms with Gasteiger partial charge in [0.25, 0.3) is 11.8 Å². The molecular formula is C15H7N3O4. The van der Waals surface area contributed by atoms with Crippen LogP contribution in [0.2, 0.25) is 0 Å². The number of aromatic nitrogens is 1. The topological polar surface area (TPSA) is 100 Å². The fourth-order valence-corrected chi connectivity index (χ4v) is 2.00. The minimum absolute atomic E-state index is 0.0168. The number of rotatable bonds is 2. The number of hydrogen-bond acceptors (Lipinski definition) is 6. The minimum atomic E-state index is -0.923. The fraction of sp³-hybridized carbons (Fsp3) is 0. The first-order chi connectivity index (χ1) is 10.6. The summed E-state index contributed by atoms with van der Waals surface area (Å²) in [5, 5.41) is 9.16. The van der Waals surface area contributed by atoms with Crippen LogP contribution in [0.4, 0.5) is 0 Å². The van der Waals surface area contributed by atoms with E-state index in [9.17, 15) is 14.4 Å². The van der Waals surface area contributed by atoms with Gasteiger partial charge < -0.3 is 4.84 Å². The lowest BCUT2D eigenvalue weighted by atomic mass is 10.1. The van der Waals surface area contributed by atoms with Crippen LogP contribution in [-0.4, -0.2) is 27.8 Å². The third-order valence-corrected chi connectivity index (χ3v) is 3.04. The fourth-order valence-electron chi connectivity index (χ4n) is 2.00. The highest BCUT2D eigenvalue weighted by molar-refractivity contribution is 6.21. The zero-order chi connectivity index (χ0) is 15.7. The number of carbonyl (C=O) groups excluding carboxylic acids is 3. The number of amides is 2. The molecule has 0 saturated carbocycles. The van der Waals surface area contributed by atoms with Crippen molar-refractivity contribution >= 4 is 17.8 Å². The Morgan fingerprint density at radius 3 is 2.36 bits per heavy atom. The number of hydrogen-bond donors (Lipinski definition) is 0. The van der Waals surface area contributed by atoms with Crippen LogP contribution in [0.15, 0.2) is 42.6 Å². The summed E-state index contributed by atoms with van der Waals surface area (Å²) in [5.74, 6) is -2.33. The van der Waals surface area contributed by atoms with Crippen LogP contribution in [0.3, 0.4) is 0 Å². The standard InChI is InChI=1S/C15H7N3O4/c16-8-10-7-9(5-6-17-10)15(21)22-18-13(19)11-3-1-2-4-12(11)14(18)20/h1-7H. The summed E-state index contributed by atoms with van der Waals surface area (Å²) in [7, 11) is 0. The lowest BCUT2D eigenvalue weighted by Crippen LogP contribution is -2.32. The number of hydroxylamine groups is 2. The molecule has 106 valence electrons. The molecule has 1 aromatic carbocycles. The zero-order valence-electron chi connectivity index (χ0n) is 11.0. The van der Waals surface area contributed by atoms with E-state index in [0.29, 0.717) is 5.06 Å². The van der Waals surface area contributed by atoms with Crippen molar-refractivity contribution in [2.75, 3.05) is 0 Å². The second kappa shape index (κ2) is 5.10. The smallest absolute Gasteiger partial charge is 0.324 e. The molecule has 22 heavy (non-hydrogen) atoms. The quantitative estimate of drug-likeness (QED) is 0.774. The minimum Gasteiger partial charge on any atom is -0.324 e.